The molecule has 3 aromatic carbocycles. The number of ketones is 1. The predicted molar refractivity (Wildman–Crippen MR) is 185 cm³/mol. The fourth-order valence-electron chi connectivity index (χ4n) is 5.80. The van der Waals surface area contributed by atoms with Crippen molar-refractivity contribution in [2.75, 3.05) is 0 Å². The standard InChI is InChI=1S/C27H24NO.C13H24O2.Ir/c1-16(2)18-9-10-21-19(13-18)11-12-28-26(21)24-15-20(17(3)4)14-23-22-7-5-6-8-25(22)29-27(23)24;1-5-10(6-2)12(14)9-13(15)11(7-3)8-4;/h5-14,16-17H,1-4H3;9-11,14H,5-8H2,1-4H3;/q-1;;/b;12-9-;. The number of hydrogen-bond acceptors (Lipinski definition) is 4. The molecule has 0 fully saturated rings. The van der Waals surface area contributed by atoms with Crippen LogP contribution in [0, 0.1) is 17.9 Å². The van der Waals surface area contributed by atoms with Gasteiger partial charge in [0.05, 0.1) is 11.3 Å². The second-order valence-corrected chi connectivity index (χ2v) is 12.4. The molecule has 2 aromatic heterocycles. The van der Waals surface area contributed by atoms with E-state index in [4.69, 9.17) is 9.40 Å². The molecule has 241 valence electrons. The summed E-state index contributed by atoms with van der Waals surface area (Å²) in [6.07, 6.45) is 6.80. The Bertz CT molecular complexity index is 1760. The van der Waals surface area contributed by atoms with E-state index in [0.717, 1.165) is 64.3 Å². The zero-order valence-electron chi connectivity index (χ0n) is 28.0. The largest absolute Gasteiger partial charge is 0.512 e. The van der Waals surface area contributed by atoms with Crippen molar-refractivity contribution in [3.05, 3.63) is 89.8 Å². The molecule has 0 aliphatic heterocycles. The van der Waals surface area contributed by atoms with E-state index in [1.165, 1.54) is 22.6 Å². The average molecular weight is 783 g/mol. The second kappa shape index (κ2) is 16.3. The maximum Gasteiger partial charge on any atom is 0.162 e. The smallest absolute Gasteiger partial charge is 0.162 e. The summed E-state index contributed by atoms with van der Waals surface area (Å²) in [5, 5.41) is 14.4. The fraction of sp³-hybridized carbons (Fsp3) is 0.400. The van der Waals surface area contributed by atoms with E-state index in [1.54, 1.807) is 0 Å². The van der Waals surface area contributed by atoms with Crippen molar-refractivity contribution in [3.8, 4) is 11.3 Å². The molecular weight excluding hydrogens is 735 g/mol. The minimum atomic E-state index is 0. The van der Waals surface area contributed by atoms with Crippen LogP contribution in [0.1, 0.15) is 104 Å². The number of pyridine rings is 1. The molecular formula is C40H48IrNO3-. The van der Waals surface area contributed by atoms with E-state index in [9.17, 15) is 9.90 Å². The first-order valence-corrected chi connectivity index (χ1v) is 16.3. The van der Waals surface area contributed by atoms with E-state index in [2.05, 4.69) is 76.2 Å². The van der Waals surface area contributed by atoms with Crippen LogP contribution >= 0.6 is 0 Å². The van der Waals surface area contributed by atoms with Gasteiger partial charge in [-0.25, -0.2) is 0 Å². The summed E-state index contributed by atoms with van der Waals surface area (Å²) in [5.41, 5.74) is 6.17. The van der Waals surface area contributed by atoms with Crippen LogP contribution in [0.15, 0.2) is 77.0 Å². The first-order valence-electron chi connectivity index (χ1n) is 16.3. The SMILES string of the molecule is CC(C)c1[c-]c(-c2nccc3cc(C(C)C)ccc23)c2oc3ccccc3c2c1.CCC(CC)C(=O)/C=C(\O)C(CC)CC.[Ir]. The first kappa shape index (κ1) is 36.2. The Morgan fingerprint density at radius 1 is 0.844 bits per heavy atom. The molecule has 5 heteroatoms. The molecule has 45 heavy (non-hydrogen) atoms. The summed E-state index contributed by atoms with van der Waals surface area (Å²) in [6.45, 7) is 16.9. The van der Waals surface area contributed by atoms with E-state index < -0.39 is 0 Å². The molecule has 4 nitrogen and oxygen atoms in total. The molecule has 0 aliphatic carbocycles. The number of rotatable bonds is 10. The van der Waals surface area contributed by atoms with Crippen molar-refractivity contribution < 1.29 is 34.4 Å². The molecule has 0 amide bonds. The number of hydrogen-bond donors (Lipinski definition) is 1. The number of furan rings is 1. The van der Waals surface area contributed by atoms with E-state index in [1.807, 2.05) is 46.0 Å². The number of aromatic nitrogens is 1. The molecule has 1 radical (unpaired) electrons. The van der Waals surface area contributed by atoms with Crippen LogP contribution in [-0.4, -0.2) is 15.9 Å². The van der Waals surface area contributed by atoms with Crippen LogP contribution in [0.5, 0.6) is 0 Å². The van der Waals surface area contributed by atoms with Gasteiger partial charge in [-0.3, -0.25) is 4.79 Å². The first-order chi connectivity index (χ1) is 21.1. The molecule has 2 heterocycles. The van der Waals surface area contributed by atoms with Gasteiger partial charge in [-0.05, 0) is 71.7 Å². The van der Waals surface area contributed by atoms with Gasteiger partial charge in [0.2, 0.25) is 0 Å². The minimum absolute atomic E-state index is 0. The fourth-order valence-corrected chi connectivity index (χ4v) is 5.80. The van der Waals surface area contributed by atoms with Crippen molar-refractivity contribution in [3.63, 3.8) is 0 Å². The molecule has 0 atom stereocenters. The quantitative estimate of drug-likeness (QED) is 0.0870. The van der Waals surface area contributed by atoms with Crippen molar-refractivity contribution >= 4 is 38.5 Å². The number of carbonyl (C=O) groups is 1. The minimum Gasteiger partial charge on any atom is -0.512 e. The summed E-state index contributed by atoms with van der Waals surface area (Å²) >= 11 is 0. The van der Waals surface area contributed by atoms with Crippen LogP contribution in [-0.2, 0) is 24.9 Å². The summed E-state index contributed by atoms with van der Waals surface area (Å²) in [7, 11) is 0. The summed E-state index contributed by atoms with van der Waals surface area (Å²) < 4.78 is 6.31. The number of benzene rings is 3. The Kier molecular flexibility index (Phi) is 13.1. The second-order valence-electron chi connectivity index (χ2n) is 12.4. The van der Waals surface area contributed by atoms with Crippen molar-refractivity contribution in [1.29, 1.82) is 0 Å². The molecule has 1 N–H and O–H groups in total. The molecule has 0 unspecified atom stereocenters. The number of aliphatic hydroxyl groups is 1. The topological polar surface area (TPSA) is 63.3 Å². The third-order valence-electron chi connectivity index (χ3n) is 8.83. The van der Waals surface area contributed by atoms with Gasteiger partial charge in [0.15, 0.2) is 5.78 Å². The maximum atomic E-state index is 11.7. The molecule has 0 spiro atoms. The molecule has 0 saturated heterocycles. The zero-order chi connectivity index (χ0) is 32.0. The Balaban J connectivity index is 0.000000297. The van der Waals surface area contributed by atoms with Gasteiger partial charge in [-0.2, -0.15) is 0 Å². The van der Waals surface area contributed by atoms with Crippen LogP contribution < -0.4 is 0 Å². The van der Waals surface area contributed by atoms with E-state index >= 15 is 0 Å². The van der Waals surface area contributed by atoms with Crippen LogP contribution in [0.25, 0.3) is 44.0 Å². The van der Waals surface area contributed by atoms with E-state index in [-0.39, 0.29) is 43.5 Å². The van der Waals surface area contributed by atoms with Gasteiger partial charge in [-0.1, -0.05) is 103 Å². The van der Waals surface area contributed by atoms with Gasteiger partial charge in [0.1, 0.15) is 5.58 Å². The Morgan fingerprint density at radius 2 is 1.51 bits per heavy atom. The number of allylic oxidation sites excluding steroid dienone is 2. The maximum absolute atomic E-state index is 11.7. The zero-order valence-corrected chi connectivity index (χ0v) is 30.4. The Hall–Kier alpha value is -3.27. The van der Waals surface area contributed by atoms with Gasteiger partial charge < -0.3 is 14.5 Å². The Morgan fingerprint density at radius 3 is 2.13 bits per heavy atom. The van der Waals surface area contributed by atoms with Gasteiger partial charge >= 0.3 is 0 Å². The Labute approximate surface area is 282 Å². The third-order valence-corrected chi connectivity index (χ3v) is 8.83. The van der Waals surface area contributed by atoms with Crippen molar-refractivity contribution in [2.24, 2.45) is 11.8 Å². The predicted octanol–water partition coefficient (Wildman–Crippen LogP) is 11.7. The van der Waals surface area contributed by atoms with Crippen LogP contribution in [0.2, 0.25) is 0 Å². The summed E-state index contributed by atoms with van der Waals surface area (Å²) in [5.74, 6) is 1.41. The molecule has 5 aromatic rings. The molecule has 5 rings (SSSR count). The van der Waals surface area contributed by atoms with Gasteiger partial charge in [-0.15, -0.1) is 17.7 Å². The molecule has 0 bridgehead atoms. The monoisotopic (exact) mass is 783 g/mol. The average Bonchev–Trinajstić information content (AvgIpc) is 3.40. The van der Waals surface area contributed by atoms with Crippen molar-refractivity contribution in [2.45, 2.75) is 92.9 Å². The van der Waals surface area contributed by atoms with Gasteiger partial charge in [0.25, 0.3) is 0 Å². The number of carbonyl (C=O) groups excluding carboxylic acids is 1. The number of aliphatic hydroxyl groups excluding tert-OH is 1. The van der Waals surface area contributed by atoms with Gasteiger partial charge in [0, 0.05) is 49.6 Å². The van der Waals surface area contributed by atoms with Crippen LogP contribution in [0.3, 0.4) is 0 Å². The number of nitrogens with zero attached hydrogens (tertiary/aromatic N) is 1. The summed E-state index contributed by atoms with van der Waals surface area (Å²) in [6, 6.07) is 22.8. The number of para-hydroxylation sites is 1. The summed E-state index contributed by atoms with van der Waals surface area (Å²) in [4.78, 5) is 16.5. The van der Waals surface area contributed by atoms with Crippen LogP contribution in [0.4, 0.5) is 0 Å². The third kappa shape index (κ3) is 8.12. The normalized spacial score (nSPS) is 12.0. The van der Waals surface area contributed by atoms with E-state index in [0.29, 0.717) is 11.8 Å². The molecule has 0 aliphatic rings. The number of fused-ring (bicyclic) bond motifs is 4. The molecule has 0 saturated carbocycles. The van der Waals surface area contributed by atoms with Crippen molar-refractivity contribution in [1.82, 2.24) is 4.98 Å².